The average molecular weight is 302 g/mol. The van der Waals surface area contributed by atoms with Crippen LogP contribution in [0, 0.1) is 5.82 Å². The summed E-state index contributed by atoms with van der Waals surface area (Å²) in [5.41, 5.74) is 1.60. The molecule has 0 aliphatic carbocycles. The van der Waals surface area contributed by atoms with E-state index in [0.29, 0.717) is 5.52 Å². The van der Waals surface area contributed by atoms with Crippen LogP contribution in [0.4, 0.5) is 15.2 Å². The van der Waals surface area contributed by atoms with Crippen molar-refractivity contribution in [3.63, 3.8) is 0 Å². The Morgan fingerprint density at radius 2 is 2.00 bits per heavy atom. The Labute approximate surface area is 126 Å². The predicted octanol–water partition coefficient (Wildman–Crippen LogP) is 4.97. The number of rotatable bonds is 5. The highest BCUT2D eigenvalue weighted by Gasteiger charge is 2.05. The van der Waals surface area contributed by atoms with Gasteiger partial charge in [-0.25, -0.2) is 9.37 Å². The first-order valence-electron chi connectivity index (χ1n) is 6.80. The van der Waals surface area contributed by atoms with Crippen LogP contribution in [0.5, 0.6) is 5.75 Å². The molecule has 2 aromatic carbocycles. The number of thiazole rings is 1. The van der Waals surface area contributed by atoms with Crippen molar-refractivity contribution in [2.24, 2.45) is 0 Å². The molecule has 3 rings (SSSR count). The van der Waals surface area contributed by atoms with E-state index in [0.717, 1.165) is 34.3 Å². The van der Waals surface area contributed by atoms with Crippen molar-refractivity contribution in [3.05, 3.63) is 48.3 Å². The fourth-order valence-electron chi connectivity index (χ4n) is 1.93. The Morgan fingerprint density at radius 3 is 2.76 bits per heavy atom. The number of nitrogens with zero attached hydrogens (tertiary/aromatic N) is 1. The van der Waals surface area contributed by atoms with E-state index in [1.165, 1.54) is 23.5 Å². The summed E-state index contributed by atoms with van der Waals surface area (Å²) in [6, 6.07) is 12.4. The molecule has 0 amide bonds. The van der Waals surface area contributed by atoms with E-state index in [4.69, 9.17) is 4.74 Å². The van der Waals surface area contributed by atoms with Crippen LogP contribution in [0.15, 0.2) is 42.5 Å². The lowest BCUT2D eigenvalue weighted by Gasteiger charge is -2.06. The summed E-state index contributed by atoms with van der Waals surface area (Å²) in [5, 5.41) is 3.97. The Hall–Kier alpha value is -2.14. The van der Waals surface area contributed by atoms with E-state index in [1.54, 1.807) is 6.07 Å². The van der Waals surface area contributed by atoms with Crippen molar-refractivity contribution in [3.8, 4) is 5.75 Å². The molecule has 3 nitrogen and oxygen atoms in total. The van der Waals surface area contributed by atoms with Crippen molar-refractivity contribution in [1.29, 1.82) is 0 Å². The van der Waals surface area contributed by atoms with Crippen molar-refractivity contribution in [2.75, 3.05) is 11.9 Å². The summed E-state index contributed by atoms with van der Waals surface area (Å²) >= 11 is 1.50. The smallest absolute Gasteiger partial charge is 0.188 e. The number of nitrogens with one attached hydrogen (secondary N) is 1. The molecular formula is C16H15FN2OS. The third-order valence-electron chi connectivity index (χ3n) is 2.93. The fourth-order valence-corrected chi connectivity index (χ4v) is 2.80. The number of halogens is 1. The Balaban J connectivity index is 1.75. The SMILES string of the molecule is CCCOc1ccc(Nc2nc3cc(F)ccc3s2)cc1. The summed E-state index contributed by atoms with van der Waals surface area (Å²) in [7, 11) is 0. The van der Waals surface area contributed by atoms with Crippen LogP contribution in [0.25, 0.3) is 10.2 Å². The van der Waals surface area contributed by atoms with Gasteiger partial charge in [0.15, 0.2) is 5.13 Å². The van der Waals surface area contributed by atoms with Crippen LogP contribution in [-0.4, -0.2) is 11.6 Å². The van der Waals surface area contributed by atoms with E-state index in [9.17, 15) is 4.39 Å². The monoisotopic (exact) mass is 302 g/mol. The zero-order valence-corrected chi connectivity index (χ0v) is 12.4. The molecule has 0 atom stereocenters. The maximum Gasteiger partial charge on any atom is 0.188 e. The molecule has 5 heteroatoms. The van der Waals surface area contributed by atoms with Crippen LogP contribution in [0.3, 0.4) is 0 Å². The van der Waals surface area contributed by atoms with Crippen LogP contribution < -0.4 is 10.1 Å². The minimum atomic E-state index is -0.267. The second-order valence-corrected chi connectivity index (χ2v) is 5.66. The molecule has 0 bridgehead atoms. The van der Waals surface area contributed by atoms with Gasteiger partial charge in [0.05, 0.1) is 16.8 Å². The van der Waals surface area contributed by atoms with Crippen molar-refractivity contribution < 1.29 is 9.13 Å². The zero-order chi connectivity index (χ0) is 14.7. The Morgan fingerprint density at radius 1 is 1.19 bits per heavy atom. The minimum absolute atomic E-state index is 0.267. The molecule has 0 spiro atoms. The average Bonchev–Trinajstić information content (AvgIpc) is 2.88. The molecule has 0 fully saturated rings. The van der Waals surface area contributed by atoms with Crippen LogP contribution in [0.1, 0.15) is 13.3 Å². The first kappa shape index (κ1) is 13.8. The second kappa shape index (κ2) is 6.10. The number of hydrogen-bond donors (Lipinski definition) is 1. The normalized spacial score (nSPS) is 10.8. The van der Waals surface area contributed by atoms with Gasteiger partial charge in [0.25, 0.3) is 0 Å². The van der Waals surface area contributed by atoms with E-state index in [2.05, 4.69) is 17.2 Å². The number of hydrogen-bond acceptors (Lipinski definition) is 4. The van der Waals surface area contributed by atoms with Gasteiger partial charge in [-0.15, -0.1) is 0 Å². The molecular weight excluding hydrogens is 287 g/mol. The van der Waals surface area contributed by atoms with E-state index in [1.807, 2.05) is 24.3 Å². The molecule has 0 saturated carbocycles. The highest BCUT2D eigenvalue weighted by Crippen LogP contribution is 2.29. The molecule has 1 heterocycles. The van der Waals surface area contributed by atoms with Crippen molar-refractivity contribution in [2.45, 2.75) is 13.3 Å². The molecule has 1 N–H and O–H groups in total. The molecule has 0 aliphatic rings. The second-order valence-electron chi connectivity index (χ2n) is 4.63. The number of fused-ring (bicyclic) bond motifs is 1. The molecule has 0 aliphatic heterocycles. The summed E-state index contributed by atoms with van der Waals surface area (Å²) in [4.78, 5) is 4.38. The third-order valence-corrected chi connectivity index (χ3v) is 3.88. The van der Waals surface area contributed by atoms with E-state index >= 15 is 0 Å². The zero-order valence-electron chi connectivity index (χ0n) is 11.6. The number of anilines is 2. The summed E-state index contributed by atoms with van der Waals surface area (Å²) in [5.74, 6) is 0.588. The van der Waals surface area contributed by atoms with Gasteiger partial charge in [-0.05, 0) is 42.8 Å². The largest absolute Gasteiger partial charge is 0.494 e. The topological polar surface area (TPSA) is 34.1 Å². The van der Waals surface area contributed by atoms with Crippen LogP contribution >= 0.6 is 11.3 Å². The molecule has 0 unspecified atom stereocenters. The fraction of sp³-hybridized carbons (Fsp3) is 0.188. The van der Waals surface area contributed by atoms with Crippen molar-refractivity contribution in [1.82, 2.24) is 4.98 Å². The maximum absolute atomic E-state index is 13.1. The molecule has 0 radical (unpaired) electrons. The quantitative estimate of drug-likeness (QED) is 0.722. The third kappa shape index (κ3) is 3.31. The number of benzene rings is 2. The number of aromatic nitrogens is 1. The van der Waals surface area contributed by atoms with Crippen molar-refractivity contribution >= 4 is 32.4 Å². The Bertz CT molecular complexity index is 740. The Kier molecular flexibility index (Phi) is 4.01. The molecule has 21 heavy (non-hydrogen) atoms. The molecule has 3 aromatic rings. The molecule has 1 aromatic heterocycles. The van der Waals surface area contributed by atoms with Crippen LogP contribution in [0.2, 0.25) is 0 Å². The van der Waals surface area contributed by atoms with Gasteiger partial charge in [0, 0.05) is 11.8 Å². The summed E-state index contributed by atoms with van der Waals surface area (Å²) in [6.45, 7) is 2.79. The molecule has 108 valence electrons. The van der Waals surface area contributed by atoms with Gasteiger partial charge < -0.3 is 10.1 Å². The van der Waals surface area contributed by atoms with Gasteiger partial charge in [-0.3, -0.25) is 0 Å². The minimum Gasteiger partial charge on any atom is -0.494 e. The highest BCUT2D eigenvalue weighted by molar-refractivity contribution is 7.22. The maximum atomic E-state index is 13.1. The predicted molar refractivity (Wildman–Crippen MR) is 85.1 cm³/mol. The lowest BCUT2D eigenvalue weighted by Crippen LogP contribution is -1.95. The van der Waals surface area contributed by atoms with E-state index in [-0.39, 0.29) is 5.82 Å². The van der Waals surface area contributed by atoms with Gasteiger partial charge in [-0.2, -0.15) is 0 Å². The lowest BCUT2D eigenvalue weighted by atomic mass is 10.3. The summed E-state index contributed by atoms with van der Waals surface area (Å²) in [6.07, 6.45) is 0.988. The summed E-state index contributed by atoms with van der Waals surface area (Å²) < 4.78 is 19.6. The van der Waals surface area contributed by atoms with Gasteiger partial charge >= 0.3 is 0 Å². The van der Waals surface area contributed by atoms with Gasteiger partial charge in [0.2, 0.25) is 0 Å². The van der Waals surface area contributed by atoms with Gasteiger partial charge in [0.1, 0.15) is 11.6 Å². The molecule has 0 saturated heterocycles. The van der Waals surface area contributed by atoms with E-state index < -0.39 is 0 Å². The first-order chi connectivity index (χ1) is 10.2. The van der Waals surface area contributed by atoms with Crippen LogP contribution in [-0.2, 0) is 0 Å². The standard InChI is InChI=1S/C16H15FN2OS/c1-2-9-20-13-6-4-12(5-7-13)18-16-19-14-10-11(17)3-8-15(14)21-16/h3-8,10H,2,9H2,1H3,(H,18,19). The lowest BCUT2D eigenvalue weighted by molar-refractivity contribution is 0.317. The number of ether oxygens (including phenoxy) is 1. The highest BCUT2D eigenvalue weighted by atomic mass is 32.1. The van der Waals surface area contributed by atoms with Gasteiger partial charge in [-0.1, -0.05) is 18.3 Å². The first-order valence-corrected chi connectivity index (χ1v) is 7.62.